The first-order chi connectivity index (χ1) is 14.6. The molecule has 1 fully saturated rings. The maximum atomic E-state index is 5.65. The Bertz CT molecular complexity index is 787. The van der Waals surface area contributed by atoms with Crippen LogP contribution in [0.2, 0.25) is 0 Å². The predicted octanol–water partition coefficient (Wildman–Crippen LogP) is 3.26. The summed E-state index contributed by atoms with van der Waals surface area (Å²) in [5.74, 6) is 1.66. The number of benzene rings is 2. The van der Waals surface area contributed by atoms with Gasteiger partial charge in [0, 0.05) is 44.9 Å². The van der Waals surface area contributed by atoms with Crippen molar-refractivity contribution in [1.29, 1.82) is 0 Å². The van der Waals surface area contributed by atoms with Crippen LogP contribution in [0.5, 0.6) is 5.75 Å². The second-order valence-electron chi connectivity index (χ2n) is 7.80. The second kappa shape index (κ2) is 11.0. The fourth-order valence-corrected chi connectivity index (χ4v) is 3.82. The van der Waals surface area contributed by atoms with E-state index < -0.39 is 0 Å². The van der Waals surface area contributed by atoms with Gasteiger partial charge in [0.2, 0.25) is 0 Å². The highest BCUT2D eigenvalue weighted by Crippen LogP contribution is 2.25. The van der Waals surface area contributed by atoms with Crippen molar-refractivity contribution >= 4 is 5.96 Å². The topological polar surface area (TPSA) is 66.9 Å². The molecule has 2 aromatic carbocycles. The van der Waals surface area contributed by atoms with Crippen LogP contribution in [0.4, 0.5) is 0 Å². The molecule has 1 saturated heterocycles. The quantitative estimate of drug-likeness (QED) is 0.460. The van der Waals surface area contributed by atoms with Crippen LogP contribution >= 0.6 is 0 Å². The number of nitrogens with zero attached hydrogens (tertiary/aromatic N) is 1. The smallest absolute Gasteiger partial charge is 0.191 e. The molecule has 2 aromatic rings. The van der Waals surface area contributed by atoms with Gasteiger partial charge in [-0.2, -0.15) is 0 Å². The van der Waals surface area contributed by atoms with E-state index in [0.29, 0.717) is 6.54 Å². The Morgan fingerprint density at radius 3 is 2.40 bits per heavy atom. The summed E-state index contributed by atoms with van der Waals surface area (Å²) < 4.78 is 10.9. The van der Waals surface area contributed by atoms with E-state index in [0.717, 1.165) is 44.3 Å². The summed E-state index contributed by atoms with van der Waals surface area (Å²) in [7, 11) is 3.48. The number of nitrogens with one attached hydrogen (secondary N) is 3. The minimum atomic E-state index is -0.0365. The molecule has 0 saturated carbocycles. The van der Waals surface area contributed by atoms with Gasteiger partial charge in [0.25, 0.3) is 0 Å². The van der Waals surface area contributed by atoms with Crippen molar-refractivity contribution in [3.8, 4) is 5.75 Å². The average molecular weight is 411 g/mol. The van der Waals surface area contributed by atoms with E-state index in [1.807, 2.05) is 12.1 Å². The van der Waals surface area contributed by atoms with Crippen molar-refractivity contribution in [2.24, 2.45) is 4.99 Å². The summed E-state index contributed by atoms with van der Waals surface area (Å²) in [5.41, 5.74) is 2.44. The van der Waals surface area contributed by atoms with Crippen molar-refractivity contribution in [3.63, 3.8) is 0 Å². The minimum Gasteiger partial charge on any atom is -0.497 e. The van der Waals surface area contributed by atoms with Gasteiger partial charge in [0.15, 0.2) is 5.96 Å². The standard InChI is InChI=1S/C24H34N4O2/c1-19(21-7-5-4-6-8-21)28-24(13-15-30-16-14-24)18-27-23(25-2)26-17-20-9-11-22(29-3)12-10-20/h4-12,19,28H,13-18H2,1-3H3,(H2,25,26,27). The summed E-state index contributed by atoms with van der Waals surface area (Å²) >= 11 is 0. The lowest BCUT2D eigenvalue weighted by molar-refractivity contribution is 0.0355. The van der Waals surface area contributed by atoms with E-state index in [-0.39, 0.29) is 11.6 Å². The third kappa shape index (κ3) is 6.21. The summed E-state index contributed by atoms with van der Waals surface area (Å²) in [4.78, 5) is 4.40. The molecule has 1 aliphatic rings. The van der Waals surface area contributed by atoms with Crippen molar-refractivity contribution < 1.29 is 9.47 Å². The number of hydrogen-bond acceptors (Lipinski definition) is 4. The van der Waals surface area contributed by atoms with Crippen molar-refractivity contribution in [1.82, 2.24) is 16.0 Å². The van der Waals surface area contributed by atoms with Crippen molar-refractivity contribution in [2.75, 3.05) is 33.9 Å². The SMILES string of the molecule is CN=C(NCc1ccc(OC)cc1)NCC1(NC(C)c2ccccc2)CCOCC1. The highest BCUT2D eigenvalue weighted by atomic mass is 16.5. The molecule has 0 bridgehead atoms. The van der Waals surface area contributed by atoms with E-state index in [2.05, 4.69) is 70.3 Å². The van der Waals surface area contributed by atoms with E-state index in [4.69, 9.17) is 9.47 Å². The molecule has 162 valence electrons. The highest BCUT2D eigenvalue weighted by Gasteiger charge is 2.34. The van der Waals surface area contributed by atoms with Gasteiger partial charge in [-0.25, -0.2) is 0 Å². The molecule has 0 aliphatic carbocycles. The summed E-state index contributed by atoms with van der Waals surface area (Å²) in [6.07, 6.45) is 1.93. The lowest BCUT2D eigenvalue weighted by Gasteiger charge is -2.41. The molecule has 0 aromatic heterocycles. The Morgan fingerprint density at radius 1 is 1.07 bits per heavy atom. The molecule has 0 spiro atoms. The Morgan fingerprint density at radius 2 is 1.77 bits per heavy atom. The molecule has 1 heterocycles. The lowest BCUT2D eigenvalue weighted by Crippen LogP contribution is -2.58. The monoisotopic (exact) mass is 410 g/mol. The molecule has 0 amide bonds. The molecular formula is C24H34N4O2. The van der Waals surface area contributed by atoms with E-state index in [1.54, 1.807) is 14.2 Å². The van der Waals surface area contributed by atoms with Crippen molar-refractivity contribution in [3.05, 3.63) is 65.7 Å². The third-order valence-corrected chi connectivity index (χ3v) is 5.71. The average Bonchev–Trinajstić information content (AvgIpc) is 2.80. The van der Waals surface area contributed by atoms with Gasteiger partial charge in [0.1, 0.15) is 5.75 Å². The van der Waals surface area contributed by atoms with Crippen LogP contribution in [0.1, 0.15) is 36.9 Å². The zero-order valence-corrected chi connectivity index (χ0v) is 18.3. The number of ether oxygens (including phenoxy) is 2. The molecule has 3 rings (SSSR count). The molecule has 1 atom stereocenters. The predicted molar refractivity (Wildman–Crippen MR) is 122 cm³/mol. The first-order valence-electron chi connectivity index (χ1n) is 10.6. The normalized spacial score (nSPS) is 17.2. The van der Waals surface area contributed by atoms with Gasteiger partial charge in [0.05, 0.1) is 7.11 Å². The highest BCUT2D eigenvalue weighted by molar-refractivity contribution is 5.79. The summed E-state index contributed by atoms with van der Waals surface area (Å²) in [5, 5.41) is 10.8. The zero-order chi connectivity index (χ0) is 21.2. The molecule has 6 heteroatoms. The zero-order valence-electron chi connectivity index (χ0n) is 18.3. The molecule has 1 aliphatic heterocycles. The Balaban J connectivity index is 1.58. The Kier molecular flexibility index (Phi) is 8.11. The maximum Gasteiger partial charge on any atom is 0.191 e. The van der Waals surface area contributed by atoms with Gasteiger partial charge in [-0.3, -0.25) is 4.99 Å². The van der Waals surface area contributed by atoms with Crippen LogP contribution in [0.25, 0.3) is 0 Å². The molecule has 0 radical (unpaired) electrons. The van der Waals surface area contributed by atoms with Crippen LogP contribution in [0.15, 0.2) is 59.6 Å². The van der Waals surface area contributed by atoms with Crippen LogP contribution in [-0.2, 0) is 11.3 Å². The fraction of sp³-hybridized carbons (Fsp3) is 0.458. The van der Waals surface area contributed by atoms with Gasteiger partial charge in [-0.1, -0.05) is 42.5 Å². The second-order valence-corrected chi connectivity index (χ2v) is 7.80. The van der Waals surface area contributed by atoms with Crippen LogP contribution in [0, 0.1) is 0 Å². The minimum absolute atomic E-state index is 0.0365. The molecule has 30 heavy (non-hydrogen) atoms. The summed E-state index contributed by atoms with van der Waals surface area (Å²) in [6, 6.07) is 18.9. The van der Waals surface area contributed by atoms with Crippen LogP contribution in [-0.4, -0.2) is 45.4 Å². The van der Waals surface area contributed by atoms with E-state index in [9.17, 15) is 0 Å². The van der Waals surface area contributed by atoms with E-state index in [1.165, 1.54) is 11.1 Å². The Hall–Kier alpha value is -2.57. The third-order valence-electron chi connectivity index (χ3n) is 5.71. The number of guanidine groups is 1. The van der Waals surface area contributed by atoms with E-state index >= 15 is 0 Å². The molecule has 1 unspecified atom stereocenters. The van der Waals surface area contributed by atoms with Crippen LogP contribution < -0.4 is 20.7 Å². The van der Waals surface area contributed by atoms with Gasteiger partial charge in [-0.15, -0.1) is 0 Å². The number of rotatable bonds is 8. The number of hydrogen-bond donors (Lipinski definition) is 3. The van der Waals surface area contributed by atoms with Crippen LogP contribution in [0.3, 0.4) is 0 Å². The van der Waals surface area contributed by atoms with Gasteiger partial charge in [-0.05, 0) is 43.0 Å². The number of methoxy groups -OCH3 is 1. The lowest BCUT2D eigenvalue weighted by atomic mass is 9.88. The Labute approximate surface area is 180 Å². The van der Waals surface area contributed by atoms with Gasteiger partial charge < -0.3 is 25.4 Å². The molecular weight excluding hydrogens is 376 g/mol. The summed E-state index contributed by atoms with van der Waals surface area (Å²) in [6.45, 7) is 5.26. The van der Waals surface area contributed by atoms with Crippen molar-refractivity contribution in [2.45, 2.75) is 37.9 Å². The number of aliphatic imine (C=N–C) groups is 1. The fourth-order valence-electron chi connectivity index (χ4n) is 3.82. The molecule has 3 N–H and O–H groups in total. The largest absolute Gasteiger partial charge is 0.497 e. The van der Waals surface area contributed by atoms with Gasteiger partial charge >= 0.3 is 0 Å². The maximum absolute atomic E-state index is 5.65. The molecule has 6 nitrogen and oxygen atoms in total. The first-order valence-corrected chi connectivity index (χ1v) is 10.6. The first kappa shape index (κ1) is 22.1.